The summed E-state index contributed by atoms with van der Waals surface area (Å²) in [7, 11) is 0. The van der Waals surface area contributed by atoms with Gasteiger partial charge in [0, 0.05) is 29.8 Å². The highest BCUT2D eigenvalue weighted by Gasteiger charge is 2.16. The molecule has 0 bridgehead atoms. The van der Waals surface area contributed by atoms with Crippen LogP contribution in [0.15, 0.2) is 42.5 Å². The lowest BCUT2D eigenvalue weighted by Crippen LogP contribution is -2.12. The fourth-order valence-corrected chi connectivity index (χ4v) is 3.52. The predicted molar refractivity (Wildman–Crippen MR) is 107 cm³/mol. The van der Waals surface area contributed by atoms with Crippen molar-refractivity contribution in [2.24, 2.45) is 0 Å². The molecular formula is C22H24N4O. The zero-order valence-corrected chi connectivity index (χ0v) is 15.8. The standard InChI is InChI=1S/C22H24N4O/c1-15-10-11-18(13-16(15)2)22(27)23-19-8-6-7-17(14-19)21-25-24-20-9-4-3-5-12-26(20)21/h6-8,10-11,13-14H,3-5,9,12H2,1-2H3,(H,23,27). The minimum Gasteiger partial charge on any atom is -0.322 e. The Balaban J connectivity index is 1.59. The molecule has 4 rings (SSSR count). The van der Waals surface area contributed by atoms with Gasteiger partial charge in [0.15, 0.2) is 5.82 Å². The van der Waals surface area contributed by atoms with Crippen LogP contribution in [-0.4, -0.2) is 20.7 Å². The number of amides is 1. The highest BCUT2D eigenvalue weighted by Crippen LogP contribution is 2.25. The van der Waals surface area contributed by atoms with Crippen LogP contribution in [0.3, 0.4) is 0 Å². The third-order valence-corrected chi connectivity index (χ3v) is 5.26. The van der Waals surface area contributed by atoms with Gasteiger partial charge in [0.1, 0.15) is 5.82 Å². The van der Waals surface area contributed by atoms with E-state index in [0.717, 1.165) is 47.8 Å². The molecule has 27 heavy (non-hydrogen) atoms. The van der Waals surface area contributed by atoms with Crippen LogP contribution in [0.5, 0.6) is 0 Å². The summed E-state index contributed by atoms with van der Waals surface area (Å²) in [6.45, 7) is 5.02. The molecular weight excluding hydrogens is 336 g/mol. The Morgan fingerprint density at radius 3 is 2.74 bits per heavy atom. The molecule has 1 aliphatic rings. The molecule has 5 heteroatoms. The fourth-order valence-electron chi connectivity index (χ4n) is 3.52. The second kappa shape index (κ2) is 7.35. The second-order valence-corrected chi connectivity index (χ2v) is 7.24. The SMILES string of the molecule is Cc1ccc(C(=O)Nc2cccc(-c3nnc4n3CCCCC4)c2)cc1C. The van der Waals surface area contributed by atoms with E-state index >= 15 is 0 Å². The summed E-state index contributed by atoms with van der Waals surface area (Å²) in [5.41, 5.74) is 4.71. The van der Waals surface area contributed by atoms with E-state index in [-0.39, 0.29) is 5.91 Å². The second-order valence-electron chi connectivity index (χ2n) is 7.24. The van der Waals surface area contributed by atoms with E-state index in [1.165, 1.54) is 18.4 Å². The Hall–Kier alpha value is -2.95. The number of aromatic nitrogens is 3. The lowest BCUT2D eigenvalue weighted by atomic mass is 10.1. The molecule has 0 radical (unpaired) electrons. The van der Waals surface area contributed by atoms with Gasteiger partial charge in [-0.15, -0.1) is 10.2 Å². The number of aryl methyl sites for hydroxylation is 3. The Kier molecular flexibility index (Phi) is 4.75. The zero-order valence-electron chi connectivity index (χ0n) is 15.8. The Morgan fingerprint density at radius 1 is 1.00 bits per heavy atom. The molecule has 0 aliphatic carbocycles. The van der Waals surface area contributed by atoms with Crippen LogP contribution in [-0.2, 0) is 13.0 Å². The van der Waals surface area contributed by atoms with Crippen LogP contribution in [0.25, 0.3) is 11.4 Å². The van der Waals surface area contributed by atoms with Crippen molar-refractivity contribution in [2.75, 3.05) is 5.32 Å². The number of rotatable bonds is 3. The molecule has 5 nitrogen and oxygen atoms in total. The first kappa shape index (κ1) is 17.5. The van der Waals surface area contributed by atoms with Gasteiger partial charge in [-0.05, 0) is 62.1 Å². The first-order valence-corrected chi connectivity index (χ1v) is 9.53. The normalized spacial score (nSPS) is 13.7. The van der Waals surface area contributed by atoms with E-state index in [0.29, 0.717) is 5.56 Å². The average Bonchev–Trinajstić information content (AvgIpc) is 2.92. The van der Waals surface area contributed by atoms with Gasteiger partial charge in [0.25, 0.3) is 5.91 Å². The number of carbonyl (C=O) groups is 1. The van der Waals surface area contributed by atoms with Gasteiger partial charge in [0.2, 0.25) is 0 Å². The molecule has 1 aliphatic heterocycles. The molecule has 0 saturated heterocycles. The minimum atomic E-state index is -0.102. The number of anilines is 1. The maximum atomic E-state index is 12.6. The summed E-state index contributed by atoms with van der Waals surface area (Å²) in [4.78, 5) is 12.6. The molecule has 3 aromatic rings. The summed E-state index contributed by atoms with van der Waals surface area (Å²) >= 11 is 0. The van der Waals surface area contributed by atoms with Crippen LogP contribution in [0.2, 0.25) is 0 Å². The average molecular weight is 360 g/mol. The fraction of sp³-hybridized carbons (Fsp3) is 0.318. The zero-order chi connectivity index (χ0) is 18.8. The first-order valence-electron chi connectivity index (χ1n) is 9.53. The molecule has 2 aromatic carbocycles. The maximum absolute atomic E-state index is 12.6. The van der Waals surface area contributed by atoms with E-state index in [1.807, 2.05) is 56.3 Å². The maximum Gasteiger partial charge on any atom is 0.255 e. The number of hydrogen-bond donors (Lipinski definition) is 1. The number of hydrogen-bond acceptors (Lipinski definition) is 3. The van der Waals surface area contributed by atoms with Crippen LogP contribution in [0.4, 0.5) is 5.69 Å². The van der Waals surface area contributed by atoms with E-state index in [4.69, 9.17) is 0 Å². The number of fused-ring (bicyclic) bond motifs is 1. The van der Waals surface area contributed by atoms with E-state index in [9.17, 15) is 4.79 Å². The van der Waals surface area contributed by atoms with Gasteiger partial charge in [0.05, 0.1) is 0 Å². The number of nitrogens with zero attached hydrogens (tertiary/aromatic N) is 3. The molecule has 1 amide bonds. The Labute approximate surface area is 159 Å². The van der Waals surface area contributed by atoms with E-state index < -0.39 is 0 Å². The van der Waals surface area contributed by atoms with Crippen molar-refractivity contribution >= 4 is 11.6 Å². The summed E-state index contributed by atoms with van der Waals surface area (Å²) in [6, 6.07) is 13.6. The molecule has 138 valence electrons. The van der Waals surface area contributed by atoms with Crippen molar-refractivity contribution in [2.45, 2.75) is 46.1 Å². The molecule has 0 spiro atoms. The van der Waals surface area contributed by atoms with Gasteiger partial charge < -0.3 is 9.88 Å². The lowest BCUT2D eigenvalue weighted by Gasteiger charge is -2.10. The monoisotopic (exact) mass is 360 g/mol. The third kappa shape index (κ3) is 3.63. The van der Waals surface area contributed by atoms with Gasteiger partial charge in [-0.2, -0.15) is 0 Å². The van der Waals surface area contributed by atoms with Crippen LogP contribution < -0.4 is 5.32 Å². The molecule has 0 unspecified atom stereocenters. The van der Waals surface area contributed by atoms with Crippen molar-refractivity contribution in [1.29, 1.82) is 0 Å². The molecule has 0 saturated carbocycles. The molecule has 0 fully saturated rings. The summed E-state index contributed by atoms with van der Waals surface area (Å²) < 4.78 is 2.22. The topological polar surface area (TPSA) is 59.8 Å². The quantitative estimate of drug-likeness (QED) is 0.746. The summed E-state index contributed by atoms with van der Waals surface area (Å²) in [5, 5.41) is 11.8. The van der Waals surface area contributed by atoms with Gasteiger partial charge in [-0.3, -0.25) is 4.79 Å². The Morgan fingerprint density at radius 2 is 1.89 bits per heavy atom. The highest BCUT2D eigenvalue weighted by molar-refractivity contribution is 6.04. The summed E-state index contributed by atoms with van der Waals surface area (Å²) in [6.07, 6.45) is 4.54. The van der Waals surface area contributed by atoms with Crippen molar-refractivity contribution in [3.8, 4) is 11.4 Å². The molecule has 1 N–H and O–H groups in total. The minimum absolute atomic E-state index is 0.102. The highest BCUT2D eigenvalue weighted by atomic mass is 16.1. The third-order valence-electron chi connectivity index (χ3n) is 5.26. The number of benzene rings is 2. The lowest BCUT2D eigenvalue weighted by molar-refractivity contribution is 0.102. The summed E-state index contributed by atoms with van der Waals surface area (Å²) in [5.74, 6) is 1.84. The molecule has 0 atom stereocenters. The number of carbonyl (C=O) groups excluding carboxylic acids is 1. The van der Waals surface area contributed by atoms with E-state index in [2.05, 4.69) is 20.1 Å². The molecule has 2 heterocycles. The number of nitrogens with one attached hydrogen (secondary N) is 1. The van der Waals surface area contributed by atoms with Crippen molar-refractivity contribution in [3.05, 3.63) is 65.0 Å². The van der Waals surface area contributed by atoms with Crippen molar-refractivity contribution < 1.29 is 4.79 Å². The van der Waals surface area contributed by atoms with Crippen LogP contribution >= 0.6 is 0 Å². The molecule has 1 aromatic heterocycles. The first-order chi connectivity index (χ1) is 13.1. The van der Waals surface area contributed by atoms with E-state index in [1.54, 1.807) is 0 Å². The van der Waals surface area contributed by atoms with Gasteiger partial charge >= 0.3 is 0 Å². The van der Waals surface area contributed by atoms with Gasteiger partial charge in [-0.1, -0.05) is 24.6 Å². The van der Waals surface area contributed by atoms with Crippen molar-refractivity contribution in [1.82, 2.24) is 14.8 Å². The van der Waals surface area contributed by atoms with Crippen LogP contribution in [0, 0.1) is 13.8 Å². The smallest absolute Gasteiger partial charge is 0.255 e. The van der Waals surface area contributed by atoms with Crippen LogP contribution in [0.1, 0.15) is 46.6 Å². The van der Waals surface area contributed by atoms with Crippen molar-refractivity contribution in [3.63, 3.8) is 0 Å². The van der Waals surface area contributed by atoms with Gasteiger partial charge in [-0.25, -0.2) is 0 Å². The Bertz CT molecular complexity index is 990. The predicted octanol–water partition coefficient (Wildman–Crippen LogP) is 4.54. The largest absolute Gasteiger partial charge is 0.322 e.